The molecule has 0 radical (unpaired) electrons. The van der Waals surface area contributed by atoms with Gasteiger partial charge in [-0.15, -0.1) is 0 Å². The largest absolute Gasteiger partial charge is 0.355 e. The standard InChI is InChI=1S/C24H31N5O4S3/c1-4-5-7-28-21(27-10-8-26(3)9-11-27)18(16(2)19(14-25)22(28)30)13-20-23(31)29(24(34)35-20)17-6-12-36(32,33)15-17/h13,17H,4-12,15H2,1-3H3/b20-13+. The number of nitriles is 1. The van der Waals surface area contributed by atoms with Gasteiger partial charge in [0.1, 0.15) is 21.8 Å². The highest BCUT2D eigenvalue weighted by atomic mass is 32.2. The van der Waals surface area contributed by atoms with E-state index in [1.807, 2.05) is 0 Å². The first-order valence-electron chi connectivity index (χ1n) is 12.2. The van der Waals surface area contributed by atoms with Gasteiger partial charge in [0.25, 0.3) is 11.5 Å². The van der Waals surface area contributed by atoms with E-state index < -0.39 is 15.9 Å². The number of rotatable bonds is 6. The number of carbonyl (C=O) groups is 1. The molecular formula is C24H31N5O4S3. The van der Waals surface area contributed by atoms with Gasteiger partial charge in [0.15, 0.2) is 9.84 Å². The third kappa shape index (κ3) is 5.11. The van der Waals surface area contributed by atoms with Crippen molar-refractivity contribution < 1.29 is 13.2 Å². The minimum Gasteiger partial charge on any atom is -0.355 e. The summed E-state index contributed by atoms with van der Waals surface area (Å²) in [6.07, 6.45) is 3.79. The van der Waals surface area contributed by atoms with Crippen LogP contribution >= 0.6 is 24.0 Å². The molecule has 4 heterocycles. The van der Waals surface area contributed by atoms with E-state index in [1.165, 1.54) is 4.90 Å². The molecule has 3 fully saturated rings. The number of aromatic nitrogens is 1. The number of piperazine rings is 1. The fourth-order valence-corrected chi connectivity index (χ4v) is 8.01. The van der Waals surface area contributed by atoms with Gasteiger partial charge in [-0.05, 0) is 38.5 Å². The van der Waals surface area contributed by atoms with Crippen molar-refractivity contribution in [1.29, 1.82) is 5.26 Å². The summed E-state index contributed by atoms with van der Waals surface area (Å²) in [6, 6.07) is 1.62. The molecular weight excluding hydrogens is 518 g/mol. The van der Waals surface area contributed by atoms with Crippen LogP contribution in [0.3, 0.4) is 0 Å². The summed E-state index contributed by atoms with van der Waals surface area (Å²) in [5.41, 5.74) is 0.982. The van der Waals surface area contributed by atoms with Crippen LogP contribution in [0.25, 0.3) is 6.08 Å². The number of unbranched alkanes of at least 4 members (excludes halogenated alkanes) is 1. The van der Waals surface area contributed by atoms with Crippen LogP contribution in [0.15, 0.2) is 9.70 Å². The number of hydrogen-bond acceptors (Lipinski definition) is 9. The highest BCUT2D eigenvalue weighted by molar-refractivity contribution is 8.26. The molecule has 1 aromatic rings. The molecule has 12 heteroatoms. The second-order valence-electron chi connectivity index (χ2n) is 9.56. The van der Waals surface area contributed by atoms with Gasteiger partial charge in [-0.25, -0.2) is 8.42 Å². The molecule has 0 aliphatic carbocycles. The first-order valence-corrected chi connectivity index (χ1v) is 15.2. The van der Waals surface area contributed by atoms with Crippen LogP contribution < -0.4 is 10.5 Å². The topological polar surface area (TPSA) is 107 Å². The highest BCUT2D eigenvalue weighted by Crippen LogP contribution is 2.38. The molecule has 36 heavy (non-hydrogen) atoms. The fourth-order valence-electron chi connectivity index (χ4n) is 4.93. The second-order valence-corrected chi connectivity index (χ2v) is 13.5. The van der Waals surface area contributed by atoms with Crippen molar-refractivity contribution in [2.75, 3.05) is 49.6 Å². The van der Waals surface area contributed by atoms with Crippen LogP contribution in [0.2, 0.25) is 0 Å². The van der Waals surface area contributed by atoms with E-state index in [-0.39, 0.29) is 28.5 Å². The molecule has 1 unspecified atom stereocenters. The third-order valence-electron chi connectivity index (χ3n) is 7.06. The monoisotopic (exact) mass is 549 g/mol. The van der Waals surface area contributed by atoms with Crippen LogP contribution in [0.4, 0.5) is 5.82 Å². The van der Waals surface area contributed by atoms with Gasteiger partial charge in [-0.2, -0.15) is 5.26 Å². The smallest absolute Gasteiger partial charge is 0.270 e. The first-order chi connectivity index (χ1) is 17.1. The van der Waals surface area contributed by atoms with E-state index >= 15 is 0 Å². The van der Waals surface area contributed by atoms with Crippen LogP contribution in [-0.4, -0.2) is 83.8 Å². The lowest BCUT2D eigenvalue weighted by atomic mass is 10.0. The van der Waals surface area contributed by atoms with Gasteiger partial charge < -0.3 is 9.80 Å². The first kappa shape index (κ1) is 26.9. The molecule has 4 rings (SSSR count). The average molecular weight is 550 g/mol. The fraction of sp³-hybridized carbons (Fsp3) is 0.583. The number of anilines is 1. The predicted molar refractivity (Wildman–Crippen MR) is 147 cm³/mol. The molecule has 3 aliphatic heterocycles. The third-order valence-corrected chi connectivity index (χ3v) is 10.1. The maximum Gasteiger partial charge on any atom is 0.270 e. The Hall–Kier alpha value is -2.20. The molecule has 1 aromatic heterocycles. The van der Waals surface area contributed by atoms with Crippen molar-refractivity contribution in [3.05, 3.63) is 31.9 Å². The van der Waals surface area contributed by atoms with Crippen LogP contribution in [0.5, 0.6) is 0 Å². The van der Waals surface area contributed by atoms with E-state index in [1.54, 1.807) is 17.6 Å². The normalized spacial score (nSPS) is 23.6. The summed E-state index contributed by atoms with van der Waals surface area (Å²) >= 11 is 6.63. The summed E-state index contributed by atoms with van der Waals surface area (Å²) in [6.45, 7) is 7.38. The zero-order valence-corrected chi connectivity index (χ0v) is 23.3. The van der Waals surface area contributed by atoms with Crippen LogP contribution in [0.1, 0.15) is 42.9 Å². The van der Waals surface area contributed by atoms with E-state index in [9.17, 15) is 23.3 Å². The van der Waals surface area contributed by atoms with Gasteiger partial charge in [0.2, 0.25) is 0 Å². The molecule has 3 aliphatic rings. The second kappa shape index (κ2) is 10.7. The Labute approximate surface area is 221 Å². The van der Waals surface area contributed by atoms with Crippen molar-refractivity contribution in [2.45, 2.75) is 45.7 Å². The molecule has 0 spiro atoms. The van der Waals surface area contributed by atoms with Crippen LogP contribution in [0, 0.1) is 18.3 Å². The summed E-state index contributed by atoms with van der Waals surface area (Å²) in [5.74, 6) is 0.375. The minimum atomic E-state index is -3.18. The van der Waals surface area contributed by atoms with Crippen LogP contribution in [-0.2, 0) is 21.2 Å². The summed E-state index contributed by atoms with van der Waals surface area (Å²) < 4.78 is 26.1. The molecule has 194 valence electrons. The summed E-state index contributed by atoms with van der Waals surface area (Å²) in [7, 11) is -1.13. The maximum atomic E-state index is 13.4. The summed E-state index contributed by atoms with van der Waals surface area (Å²) in [4.78, 5) is 33.0. The van der Waals surface area contributed by atoms with E-state index in [0.717, 1.165) is 56.6 Å². The highest BCUT2D eigenvalue weighted by Gasteiger charge is 2.42. The van der Waals surface area contributed by atoms with E-state index in [4.69, 9.17) is 12.2 Å². The number of carbonyl (C=O) groups excluding carboxylic acids is 1. The van der Waals surface area contributed by atoms with Gasteiger partial charge >= 0.3 is 0 Å². The molecule has 9 nitrogen and oxygen atoms in total. The SMILES string of the molecule is CCCCn1c(N2CCN(C)CC2)c(/C=C2/SC(=S)N(C3CCS(=O)(=O)C3)C2=O)c(C)c(C#N)c1=O. The van der Waals surface area contributed by atoms with E-state index in [0.29, 0.717) is 33.3 Å². The average Bonchev–Trinajstić information content (AvgIpc) is 3.32. The Kier molecular flexibility index (Phi) is 7.95. The molecule has 0 saturated carbocycles. The molecule has 3 saturated heterocycles. The number of hydrogen-bond donors (Lipinski definition) is 0. The Morgan fingerprint density at radius 2 is 1.92 bits per heavy atom. The molecule has 1 amide bonds. The van der Waals surface area contributed by atoms with E-state index in [2.05, 4.69) is 29.8 Å². The van der Waals surface area contributed by atoms with Gasteiger partial charge in [0, 0.05) is 38.3 Å². The van der Waals surface area contributed by atoms with Gasteiger partial charge in [-0.3, -0.25) is 19.1 Å². The lowest BCUT2D eigenvalue weighted by molar-refractivity contribution is -0.123. The number of thioether (sulfide) groups is 1. The quantitative estimate of drug-likeness (QED) is 0.389. The lowest BCUT2D eigenvalue weighted by Gasteiger charge is -2.36. The number of nitrogens with zero attached hydrogens (tertiary/aromatic N) is 5. The zero-order valence-electron chi connectivity index (χ0n) is 20.8. The lowest BCUT2D eigenvalue weighted by Crippen LogP contribution is -2.47. The number of pyridine rings is 1. The minimum absolute atomic E-state index is 0.0500. The molecule has 0 aromatic carbocycles. The Morgan fingerprint density at radius 3 is 2.50 bits per heavy atom. The number of likely N-dealkylation sites (N-methyl/N-ethyl adjacent to an activating group) is 1. The number of thiocarbonyl (C=S) groups is 1. The van der Waals surface area contributed by atoms with Crippen molar-refractivity contribution in [3.8, 4) is 6.07 Å². The van der Waals surface area contributed by atoms with Gasteiger partial charge in [0.05, 0.1) is 22.5 Å². The zero-order chi connectivity index (χ0) is 26.2. The Bertz CT molecular complexity index is 1320. The molecule has 0 N–H and O–H groups in total. The predicted octanol–water partition coefficient (Wildman–Crippen LogP) is 1.97. The summed E-state index contributed by atoms with van der Waals surface area (Å²) in [5, 5.41) is 9.84. The van der Waals surface area contributed by atoms with Crippen molar-refractivity contribution >= 4 is 55.9 Å². The van der Waals surface area contributed by atoms with Gasteiger partial charge in [-0.1, -0.05) is 37.3 Å². The van der Waals surface area contributed by atoms with Crippen molar-refractivity contribution in [2.24, 2.45) is 0 Å². The van der Waals surface area contributed by atoms with Crippen molar-refractivity contribution in [3.63, 3.8) is 0 Å². The number of amides is 1. The Balaban J connectivity index is 1.84. The molecule has 1 atom stereocenters. The Morgan fingerprint density at radius 1 is 1.22 bits per heavy atom. The maximum absolute atomic E-state index is 13.4. The number of sulfone groups is 1. The van der Waals surface area contributed by atoms with Crippen molar-refractivity contribution in [1.82, 2.24) is 14.4 Å². The molecule has 0 bridgehead atoms.